The van der Waals surface area contributed by atoms with E-state index in [0.717, 1.165) is 25.2 Å². The molecule has 2 heterocycles. The standard InChI is InChI=1S/C23H22F2N2O4/c24-17-5-1-15(2-6-17)20-19(21(28)16-3-7-18(25)8-4-16)22(29)23(30)27(20)10-9-26-11-13-31-14-12-26/h1-8,19-20H,9-14H2/p+1. The first-order valence-corrected chi connectivity index (χ1v) is 10.3. The number of carbonyl (C=O) groups is 3. The van der Waals surface area contributed by atoms with E-state index < -0.39 is 41.1 Å². The van der Waals surface area contributed by atoms with E-state index in [1.807, 2.05) is 0 Å². The van der Waals surface area contributed by atoms with Gasteiger partial charge in [-0.2, -0.15) is 0 Å². The topological polar surface area (TPSA) is 68.1 Å². The second-order valence-electron chi connectivity index (χ2n) is 7.82. The lowest BCUT2D eigenvalue weighted by molar-refractivity contribution is -0.907. The molecule has 2 fully saturated rings. The molecule has 31 heavy (non-hydrogen) atoms. The highest BCUT2D eigenvalue weighted by atomic mass is 19.1. The molecule has 2 aromatic carbocycles. The first-order chi connectivity index (χ1) is 15.0. The molecule has 0 bridgehead atoms. The molecule has 2 atom stereocenters. The van der Waals surface area contributed by atoms with E-state index in [1.54, 1.807) is 0 Å². The summed E-state index contributed by atoms with van der Waals surface area (Å²) in [7, 11) is 0. The summed E-state index contributed by atoms with van der Waals surface area (Å²) < 4.78 is 32.2. The number of rotatable bonds is 6. The Balaban J connectivity index is 1.65. The zero-order valence-electron chi connectivity index (χ0n) is 16.9. The molecule has 2 aliphatic heterocycles. The van der Waals surface area contributed by atoms with Gasteiger partial charge >= 0.3 is 0 Å². The summed E-state index contributed by atoms with van der Waals surface area (Å²) in [6.45, 7) is 3.77. The van der Waals surface area contributed by atoms with Crippen molar-refractivity contribution in [1.29, 1.82) is 0 Å². The van der Waals surface area contributed by atoms with E-state index in [0.29, 0.717) is 25.3 Å². The van der Waals surface area contributed by atoms with E-state index in [-0.39, 0.29) is 12.1 Å². The second kappa shape index (κ2) is 9.03. The summed E-state index contributed by atoms with van der Waals surface area (Å²) in [5, 5.41) is 0. The number of Topliss-reactive ketones (excluding diaryl/α,β-unsaturated/α-hetero) is 2. The Kier molecular flexibility index (Phi) is 6.20. The molecule has 2 saturated heterocycles. The van der Waals surface area contributed by atoms with Crippen molar-refractivity contribution in [3.63, 3.8) is 0 Å². The lowest BCUT2D eigenvalue weighted by Crippen LogP contribution is -3.14. The van der Waals surface area contributed by atoms with Gasteiger partial charge in [-0.15, -0.1) is 0 Å². The van der Waals surface area contributed by atoms with Gasteiger partial charge in [-0.1, -0.05) is 12.1 Å². The summed E-state index contributed by atoms with van der Waals surface area (Å²) in [6.07, 6.45) is 0. The zero-order chi connectivity index (χ0) is 22.0. The predicted molar refractivity (Wildman–Crippen MR) is 106 cm³/mol. The van der Waals surface area contributed by atoms with Crippen LogP contribution in [0.15, 0.2) is 48.5 Å². The summed E-state index contributed by atoms with van der Waals surface area (Å²) in [4.78, 5) is 41.7. The van der Waals surface area contributed by atoms with Crippen LogP contribution >= 0.6 is 0 Å². The number of morpholine rings is 1. The fourth-order valence-corrected chi connectivity index (χ4v) is 4.24. The van der Waals surface area contributed by atoms with Gasteiger partial charge in [0.25, 0.3) is 5.91 Å². The number of nitrogens with one attached hydrogen (secondary N) is 1. The quantitative estimate of drug-likeness (QED) is 0.420. The summed E-state index contributed by atoms with van der Waals surface area (Å²) in [6, 6.07) is 9.52. The Morgan fingerprint density at radius 1 is 0.968 bits per heavy atom. The van der Waals surface area contributed by atoms with Gasteiger partial charge in [-0.25, -0.2) is 8.78 Å². The van der Waals surface area contributed by atoms with Crippen molar-refractivity contribution >= 4 is 17.5 Å². The number of ether oxygens (including phenoxy) is 1. The van der Waals surface area contributed by atoms with E-state index >= 15 is 0 Å². The van der Waals surface area contributed by atoms with Crippen molar-refractivity contribution in [2.45, 2.75) is 6.04 Å². The third-order valence-electron chi connectivity index (χ3n) is 5.93. The smallest absolute Gasteiger partial charge is 0.291 e. The number of amides is 1. The van der Waals surface area contributed by atoms with Crippen LogP contribution in [0.3, 0.4) is 0 Å². The fourth-order valence-electron chi connectivity index (χ4n) is 4.24. The molecule has 4 rings (SSSR count). The maximum Gasteiger partial charge on any atom is 0.291 e. The number of likely N-dealkylation sites (tertiary alicyclic amines) is 1. The SMILES string of the molecule is O=C1C(=O)N(CC[NH+]2CCOCC2)C(c2ccc(F)cc2)C1C(=O)c1ccc(F)cc1. The second-order valence-corrected chi connectivity index (χ2v) is 7.82. The Morgan fingerprint density at radius 2 is 1.55 bits per heavy atom. The lowest BCUT2D eigenvalue weighted by atomic mass is 9.86. The predicted octanol–water partition coefficient (Wildman–Crippen LogP) is 0.831. The van der Waals surface area contributed by atoms with Crippen LogP contribution in [0.25, 0.3) is 0 Å². The monoisotopic (exact) mass is 429 g/mol. The maximum absolute atomic E-state index is 13.5. The van der Waals surface area contributed by atoms with E-state index in [1.165, 1.54) is 46.2 Å². The normalized spacial score (nSPS) is 22.2. The van der Waals surface area contributed by atoms with Crippen LogP contribution in [0.1, 0.15) is 22.0 Å². The summed E-state index contributed by atoms with van der Waals surface area (Å²) in [5.74, 6) is -4.28. The summed E-state index contributed by atoms with van der Waals surface area (Å²) >= 11 is 0. The Labute approximate surface area is 178 Å². The maximum atomic E-state index is 13.5. The van der Waals surface area contributed by atoms with Gasteiger partial charge in [0.2, 0.25) is 5.78 Å². The molecule has 6 nitrogen and oxygen atoms in total. The number of ketones is 2. The molecule has 0 saturated carbocycles. The van der Waals surface area contributed by atoms with Crippen LogP contribution in [0.2, 0.25) is 0 Å². The molecule has 0 aromatic heterocycles. The molecule has 0 radical (unpaired) electrons. The number of hydrogen-bond donors (Lipinski definition) is 1. The Hall–Kier alpha value is -2.97. The van der Waals surface area contributed by atoms with Gasteiger partial charge in [0.1, 0.15) is 30.6 Å². The molecule has 2 unspecified atom stereocenters. The average Bonchev–Trinajstić information content (AvgIpc) is 3.04. The number of hydrogen-bond acceptors (Lipinski definition) is 4. The van der Waals surface area contributed by atoms with Crippen molar-refractivity contribution in [2.75, 3.05) is 39.4 Å². The van der Waals surface area contributed by atoms with Gasteiger partial charge in [-0.3, -0.25) is 14.4 Å². The highest BCUT2D eigenvalue weighted by Crippen LogP contribution is 2.38. The van der Waals surface area contributed by atoms with Crippen LogP contribution < -0.4 is 4.90 Å². The largest absolute Gasteiger partial charge is 0.370 e. The molecule has 1 N–H and O–H groups in total. The zero-order valence-corrected chi connectivity index (χ0v) is 16.9. The minimum absolute atomic E-state index is 0.153. The van der Waals surface area contributed by atoms with Gasteiger partial charge in [0.05, 0.1) is 32.3 Å². The van der Waals surface area contributed by atoms with E-state index in [9.17, 15) is 23.2 Å². The Morgan fingerprint density at radius 3 is 2.16 bits per heavy atom. The summed E-state index contributed by atoms with van der Waals surface area (Å²) in [5.41, 5.74) is 0.665. The third-order valence-corrected chi connectivity index (χ3v) is 5.93. The Bertz CT molecular complexity index is 972. The molecule has 1 amide bonds. The minimum Gasteiger partial charge on any atom is -0.370 e. The van der Waals surface area contributed by atoms with Crippen molar-refractivity contribution in [2.24, 2.45) is 5.92 Å². The van der Waals surface area contributed by atoms with E-state index in [4.69, 9.17) is 4.74 Å². The minimum atomic E-state index is -1.26. The first kappa shape index (κ1) is 21.3. The van der Waals surface area contributed by atoms with Crippen LogP contribution in [0.5, 0.6) is 0 Å². The van der Waals surface area contributed by atoms with Gasteiger partial charge in [0.15, 0.2) is 5.78 Å². The lowest BCUT2D eigenvalue weighted by Gasteiger charge is -2.30. The highest BCUT2D eigenvalue weighted by molar-refractivity contribution is 6.44. The van der Waals surface area contributed by atoms with Gasteiger partial charge in [-0.05, 0) is 42.0 Å². The number of halogens is 2. The molecule has 2 aliphatic rings. The van der Waals surface area contributed by atoms with Crippen LogP contribution in [-0.4, -0.2) is 61.8 Å². The number of benzene rings is 2. The van der Waals surface area contributed by atoms with Crippen LogP contribution in [-0.2, 0) is 14.3 Å². The van der Waals surface area contributed by atoms with Gasteiger partial charge < -0.3 is 14.5 Å². The molecule has 0 spiro atoms. The molecule has 2 aromatic rings. The van der Waals surface area contributed by atoms with Crippen molar-refractivity contribution in [1.82, 2.24) is 4.90 Å². The van der Waals surface area contributed by atoms with Crippen molar-refractivity contribution < 1.29 is 32.8 Å². The van der Waals surface area contributed by atoms with Crippen molar-refractivity contribution in [3.05, 3.63) is 71.3 Å². The molecular formula is C23H23F2N2O4+. The van der Waals surface area contributed by atoms with E-state index in [2.05, 4.69) is 0 Å². The number of quaternary nitrogens is 1. The molecule has 0 aliphatic carbocycles. The fraction of sp³-hybridized carbons (Fsp3) is 0.348. The van der Waals surface area contributed by atoms with Crippen LogP contribution in [0.4, 0.5) is 8.78 Å². The molecule has 8 heteroatoms. The van der Waals surface area contributed by atoms with Crippen molar-refractivity contribution in [3.8, 4) is 0 Å². The average molecular weight is 429 g/mol. The number of nitrogens with zero attached hydrogens (tertiary/aromatic N) is 1. The number of carbonyl (C=O) groups excluding carboxylic acids is 3. The van der Waals surface area contributed by atoms with Crippen LogP contribution in [0, 0.1) is 17.6 Å². The molecular weight excluding hydrogens is 406 g/mol. The molecule has 162 valence electrons. The highest BCUT2D eigenvalue weighted by Gasteiger charge is 2.51. The third kappa shape index (κ3) is 4.40. The first-order valence-electron chi connectivity index (χ1n) is 10.3. The van der Waals surface area contributed by atoms with Gasteiger partial charge in [0, 0.05) is 5.56 Å².